The first-order valence-electron chi connectivity index (χ1n) is 9.81. The maximum absolute atomic E-state index is 9.08. The fourth-order valence-corrected chi connectivity index (χ4v) is 4.44. The number of benzene rings is 2. The summed E-state index contributed by atoms with van der Waals surface area (Å²) in [5.74, 6) is 0. The third-order valence-electron chi connectivity index (χ3n) is 5.78. The topological polar surface area (TPSA) is 70.9 Å². The van der Waals surface area contributed by atoms with E-state index in [1.165, 1.54) is 36.8 Å². The summed E-state index contributed by atoms with van der Waals surface area (Å²) in [5, 5.41) is 0. The number of hydrogen-bond acceptors (Lipinski definition) is 4. The predicted molar refractivity (Wildman–Crippen MR) is 108 cm³/mol. The predicted octanol–water partition coefficient (Wildman–Crippen LogP) is 2.16. The summed E-state index contributed by atoms with van der Waals surface area (Å²) in [5.41, 5.74) is 2.52. The van der Waals surface area contributed by atoms with Crippen LogP contribution in [0.25, 0.3) is 0 Å². The summed E-state index contributed by atoms with van der Waals surface area (Å²) >= 11 is 0. The molecule has 0 saturated carbocycles. The first-order valence-corrected chi connectivity index (χ1v) is 11.6. The van der Waals surface area contributed by atoms with Crippen LogP contribution in [0.15, 0.2) is 60.7 Å². The maximum Gasteiger partial charge on any atom is 0.108 e. The van der Waals surface area contributed by atoms with Crippen molar-refractivity contribution in [1.82, 2.24) is 0 Å². The summed E-state index contributed by atoms with van der Waals surface area (Å²) in [6.45, 7) is 0. The van der Waals surface area contributed by atoms with E-state index >= 15 is 0 Å². The Morgan fingerprint density at radius 2 is 1.32 bits per heavy atom. The van der Waals surface area contributed by atoms with Crippen LogP contribution in [0.3, 0.4) is 0 Å². The van der Waals surface area contributed by atoms with Gasteiger partial charge in [-0.3, -0.25) is 0 Å². The molecule has 28 heavy (non-hydrogen) atoms. The quantitative estimate of drug-likeness (QED) is 0.795. The molecule has 2 aliphatic rings. The van der Waals surface area contributed by atoms with Crippen LogP contribution in [-0.4, -0.2) is 44.5 Å². The highest BCUT2D eigenvalue weighted by molar-refractivity contribution is 7.84. The Kier molecular flexibility index (Phi) is 6.88. The second-order valence-corrected chi connectivity index (χ2v) is 9.26. The zero-order chi connectivity index (χ0) is 20.1. The lowest BCUT2D eigenvalue weighted by atomic mass is 9.97. The molecule has 152 valence electrons. The highest BCUT2D eigenvalue weighted by Gasteiger charge is 2.43. The van der Waals surface area contributed by atoms with E-state index in [2.05, 4.69) is 67.7 Å². The molecule has 2 saturated heterocycles. The van der Waals surface area contributed by atoms with E-state index < -0.39 is 10.1 Å². The van der Waals surface area contributed by atoms with E-state index in [0.29, 0.717) is 12.4 Å². The fourth-order valence-electron chi connectivity index (χ4n) is 4.44. The smallest absolute Gasteiger partial charge is 0.108 e. The van der Waals surface area contributed by atoms with E-state index in [0.717, 1.165) is 12.1 Å². The highest BCUT2D eigenvalue weighted by atomic mass is 32.2. The minimum atomic E-state index is -3.92. The molecule has 2 bridgehead atoms. The SMILES string of the molecule is CS(=O)(=O)[O-].C[NH+]1C2CCC1CC(OC(c1ccccc1)c1ccccc1)C2. The molecule has 0 spiro atoms. The summed E-state index contributed by atoms with van der Waals surface area (Å²) < 4.78 is 33.9. The van der Waals surface area contributed by atoms with Gasteiger partial charge in [-0.1, -0.05) is 60.7 Å². The molecule has 2 aromatic carbocycles. The number of quaternary nitrogens is 1. The van der Waals surface area contributed by atoms with Gasteiger partial charge in [0.15, 0.2) is 0 Å². The molecule has 2 fully saturated rings. The molecule has 2 aliphatic heterocycles. The molecule has 4 rings (SSSR count). The third-order valence-corrected chi connectivity index (χ3v) is 5.78. The lowest BCUT2D eigenvalue weighted by molar-refractivity contribution is -0.923. The molecule has 0 aliphatic carbocycles. The second-order valence-electron chi connectivity index (χ2n) is 7.85. The van der Waals surface area contributed by atoms with Crippen LogP contribution in [0.2, 0.25) is 0 Å². The van der Waals surface area contributed by atoms with Crippen LogP contribution in [-0.2, 0) is 14.9 Å². The molecular weight excluding hydrogens is 374 g/mol. The Labute approximate surface area is 168 Å². The minimum Gasteiger partial charge on any atom is -0.748 e. The number of nitrogens with one attached hydrogen (secondary N) is 1. The van der Waals surface area contributed by atoms with Crippen molar-refractivity contribution in [2.24, 2.45) is 0 Å². The Morgan fingerprint density at radius 3 is 1.71 bits per heavy atom. The first-order chi connectivity index (χ1) is 13.3. The summed E-state index contributed by atoms with van der Waals surface area (Å²) in [7, 11) is -1.55. The molecule has 5 nitrogen and oxygen atoms in total. The standard InChI is InChI=1S/C21H25NO.CH4O3S/c1-22-18-12-13-19(22)15-20(14-18)23-21(16-8-4-2-5-9-16)17-10-6-3-7-11-17;1-5(2,3)4/h2-11,18-21H,12-15H2,1H3;1H3,(H,2,3,4). The molecular formula is C22H29NO4S. The van der Waals surface area contributed by atoms with Crippen molar-refractivity contribution < 1.29 is 22.6 Å². The van der Waals surface area contributed by atoms with Crippen molar-refractivity contribution in [1.29, 1.82) is 0 Å². The molecule has 2 unspecified atom stereocenters. The number of fused-ring (bicyclic) bond motifs is 2. The number of ether oxygens (including phenoxy) is 1. The Balaban J connectivity index is 0.000000403. The second kappa shape index (κ2) is 9.18. The van der Waals surface area contributed by atoms with Gasteiger partial charge in [0.2, 0.25) is 0 Å². The van der Waals surface area contributed by atoms with Crippen molar-refractivity contribution >= 4 is 10.1 Å². The molecule has 2 atom stereocenters. The normalized spacial score (nSPS) is 26.6. The number of rotatable bonds is 4. The lowest BCUT2D eigenvalue weighted by Crippen LogP contribution is -3.15. The van der Waals surface area contributed by atoms with Crippen LogP contribution in [0.5, 0.6) is 0 Å². The zero-order valence-electron chi connectivity index (χ0n) is 16.5. The summed E-state index contributed by atoms with van der Waals surface area (Å²) in [4.78, 5) is 1.74. The van der Waals surface area contributed by atoms with Crippen LogP contribution in [0.1, 0.15) is 42.9 Å². The highest BCUT2D eigenvalue weighted by Crippen LogP contribution is 2.32. The van der Waals surface area contributed by atoms with Gasteiger partial charge in [0.05, 0.1) is 35.4 Å². The Bertz CT molecular complexity index is 780. The lowest BCUT2D eigenvalue weighted by Gasteiger charge is -2.35. The van der Waals surface area contributed by atoms with Crippen molar-refractivity contribution in [2.45, 2.75) is 50.0 Å². The van der Waals surface area contributed by atoms with Crippen molar-refractivity contribution in [3.05, 3.63) is 71.8 Å². The maximum atomic E-state index is 9.08. The van der Waals surface area contributed by atoms with Gasteiger partial charge in [0.25, 0.3) is 0 Å². The number of piperidine rings is 1. The molecule has 2 aromatic rings. The largest absolute Gasteiger partial charge is 0.748 e. The van der Waals surface area contributed by atoms with Crippen molar-refractivity contribution in [3.63, 3.8) is 0 Å². The summed E-state index contributed by atoms with van der Waals surface area (Å²) in [6, 6.07) is 22.9. The van der Waals surface area contributed by atoms with E-state index in [1.54, 1.807) is 4.90 Å². The van der Waals surface area contributed by atoms with E-state index in [-0.39, 0.29) is 6.10 Å². The van der Waals surface area contributed by atoms with Crippen LogP contribution in [0, 0.1) is 0 Å². The Hall–Kier alpha value is -1.73. The van der Waals surface area contributed by atoms with Crippen molar-refractivity contribution in [2.75, 3.05) is 13.3 Å². The Morgan fingerprint density at radius 1 is 0.929 bits per heavy atom. The number of hydrogen-bond donors (Lipinski definition) is 1. The van der Waals surface area contributed by atoms with E-state index in [4.69, 9.17) is 17.7 Å². The van der Waals surface area contributed by atoms with Gasteiger partial charge < -0.3 is 14.2 Å². The molecule has 0 aromatic heterocycles. The van der Waals surface area contributed by atoms with Gasteiger partial charge in [-0.15, -0.1) is 0 Å². The molecule has 0 radical (unpaired) electrons. The molecule has 1 N–H and O–H groups in total. The fraction of sp³-hybridized carbons (Fsp3) is 0.455. The molecule has 2 heterocycles. The average Bonchev–Trinajstić information content (AvgIpc) is 2.87. The van der Waals surface area contributed by atoms with E-state index in [9.17, 15) is 0 Å². The monoisotopic (exact) mass is 403 g/mol. The third kappa shape index (κ3) is 5.88. The average molecular weight is 404 g/mol. The van der Waals surface area contributed by atoms with Gasteiger partial charge >= 0.3 is 0 Å². The van der Waals surface area contributed by atoms with Crippen LogP contribution >= 0.6 is 0 Å². The van der Waals surface area contributed by atoms with E-state index in [1.807, 2.05) is 0 Å². The van der Waals surface area contributed by atoms with Gasteiger partial charge in [-0.05, 0) is 11.1 Å². The van der Waals surface area contributed by atoms with Gasteiger partial charge in [0.1, 0.15) is 6.10 Å². The molecule has 6 heteroatoms. The zero-order valence-corrected chi connectivity index (χ0v) is 17.3. The van der Waals surface area contributed by atoms with Gasteiger partial charge in [-0.25, -0.2) is 8.42 Å². The van der Waals surface area contributed by atoms with Crippen molar-refractivity contribution in [3.8, 4) is 0 Å². The van der Waals surface area contributed by atoms with Gasteiger partial charge in [0, 0.05) is 31.9 Å². The minimum absolute atomic E-state index is 0.0557. The van der Waals surface area contributed by atoms with Crippen LogP contribution in [0.4, 0.5) is 0 Å². The van der Waals surface area contributed by atoms with Gasteiger partial charge in [-0.2, -0.15) is 0 Å². The first kappa shape index (κ1) is 21.0. The summed E-state index contributed by atoms with van der Waals surface area (Å²) in [6.07, 6.45) is 6.21. The van der Waals surface area contributed by atoms with Crippen LogP contribution < -0.4 is 4.90 Å². The molecule has 0 amide bonds.